The molecular weight excluding hydrogens is 238 g/mol. The third-order valence-corrected chi connectivity index (χ3v) is 3.55. The van der Waals surface area contributed by atoms with Crippen LogP contribution in [0.15, 0.2) is 12.4 Å². The van der Waals surface area contributed by atoms with Crippen LogP contribution in [0.1, 0.15) is 31.0 Å². The Kier molecular flexibility index (Phi) is 3.19. The van der Waals surface area contributed by atoms with Crippen LogP contribution in [0.4, 0.5) is 5.82 Å². The van der Waals surface area contributed by atoms with Gasteiger partial charge in [0.2, 0.25) is 0 Å². The summed E-state index contributed by atoms with van der Waals surface area (Å²) in [6.45, 7) is 2.97. The van der Waals surface area contributed by atoms with Crippen LogP contribution in [0, 0.1) is 0 Å². The Hall–Kier alpha value is -1.91. The van der Waals surface area contributed by atoms with Crippen molar-refractivity contribution in [3.8, 4) is 11.6 Å². The molecule has 0 saturated carbocycles. The number of nitrogens with one attached hydrogen (secondary N) is 1. The number of hydrogen-bond acceptors (Lipinski definition) is 4. The van der Waals surface area contributed by atoms with E-state index in [1.54, 1.807) is 6.20 Å². The van der Waals surface area contributed by atoms with Gasteiger partial charge in [-0.2, -0.15) is 0 Å². The molecule has 19 heavy (non-hydrogen) atoms. The molecule has 2 heterocycles. The lowest BCUT2D eigenvalue weighted by Gasteiger charge is -2.19. The largest absolute Gasteiger partial charge is 0.370 e. The second kappa shape index (κ2) is 4.99. The molecule has 0 bridgehead atoms. The van der Waals surface area contributed by atoms with E-state index in [4.69, 9.17) is 4.98 Å². The van der Waals surface area contributed by atoms with Crippen molar-refractivity contribution < 1.29 is 0 Å². The summed E-state index contributed by atoms with van der Waals surface area (Å²) in [6.07, 6.45) is 8.29. The Bertz CT molecular complexity index is 588. The Morgan fingerprint density at radius 1 is 1.26 bits per heavy atom. The predicted molar refractivity (Wildman–Crippen MR) is 75.0 cm³/mol. The van der Waals surface area contributed by atoms with Crippen LogP contribution in [-0.4, -0.2) is 26.1 Å². The maximum Gasteiger partial charge on any atom is 0.198 e. The van der Waals surface area contributed by atoms with E-state index in [2.05, 4.69) is 22.2 Å². The van der Waals surface area contributed by atoms with Crippen LogP contribution < -0.4 is 5.32 Å². The fourth-order valence-electron chi connectivity index (χ4n) is 2.59. The summed E-state index contributed by atoms with van der Waals surface area (Å²) in [7, 11) is 1.97. The SMILES string of the molecule is CCNc1nc(-c2nccn2C)nc2c1CCCC2. The van der Waals surface area contributed by atoms with Gasteiger partial charge in [-0.15, -0.1) is 0 Å². The Morgan fingerprint density at radius 3 is 2.84 bits per heavy atom. The minimum absolute atomic E-state index is 0.726. The molecular formula is C14H19N5. The molecule has 0 saturated heterocycles. The number of fused-ring (bicyclic) bond motifs is 1. The van der Waals surface area contributed by atoms with Crippen LogP contribution in [-0.2, 0) is 19.9 Å². The molecule has 3 rings (SSSR count). The van der Waals surface area contributed by atoms with Gasteiger partial charge in [-0.05, 0) is 32.6 Å². The second-order valence-corrected chi connectivity index (χ2v) is 4.92. The van der Waals surface area contributed by atoms with E-state index >= 15 is 0 Å². The number of rotatable bonds is 3. The van der Waals surface area contributed by atoms with E-state index < -0.39 is 0 Å². The van der Waals surface area contributed by atoms with Crippen molar-refractivity contribution in [1.29, 1.82) is 0 Å². The van der Waals surface area contributed by atoms with Crippen LogP contribution in [0.2, 0.25) is 0 Å². The highest BCUT2D eigenvalue weighted by Gasteiger charge is 2.19. The van der Waals surface area contributed by atoms with E-state index in [1.807, 2.05) is 17.8 Å². The molecule has 0 aliphatic heterocycles. The topological polar surface area (TPSA) is 55.6 Å². The molecule has 0 fully saturated rings. The average Bonchev–Trinajstić information content (AvgIpc) is 2.85. The molecule has 1 N–H and O–H groups in total. The lowest BCUT2D eigenvalue weighted by molar-refractivity contribution is 0.663. The van der Waals surface area contributed by atoms with Gasteiger partial charge in [-0.1, -0.05) is 0 Å². The fourth-order valence-corrected chi connectivity index (χ4v) is 2.59. The minimum atomic E-state index is 0.726. The molecule has 2 aromatic heterocycles. The average molecular weight is 257 g/mol. The first-order valence-electron chi connectivity index (χ1n) is 6.91. The van der Waals surface area contributed by atoms with E-state index in [0.29, 0.717) is 0 Å². The summed E-state index contributed by atoms with van der Waals surface area (Å²) < 4.78 is 1.96. The minimum Gasteiger partial charge on any atom is -0.370 e. The summed E-state index contributed by atoms with van der Waals surface area (Å²) in [5.74, 6) is 2.54. The zero-order chi connectivity index (χ0) is 13.2. The number of aryl methyl sites for hydroxylation is 2. The van der Waals surface area contributed by atoms with Crippen LogP contribution in [0.25, 0.3) is 11.6 Å². The van der Waals surface area contributed by atoms with Gasteiger partial charge in [-0.3, -0.25) is 0 Å². The molecule has 0 radical (unpaired) electrons. The third-order valence-electron chi connectivity index (χ3n) is 3.55. The smallest absolute Gasteiger partial charge is 0.198 e. The molecule has 0 unspecified atom stereocenters. The van der Waals surface area contributed by atoms with E-state index in [1.165, 1.54) is 24.1 Å². The molecule has 1 aliphatic carbocycles. The quantitative estimate of drug-likeness (QED) is 0.915. The van der Waals surface area contributed by atoms with Gasteiger partial charge in [-0.25, -0.2) is 15.0 Å². The number of nitrogens with zero attached hydrogens (tertiary/aromatic N) is 4. The van der Waals surface area contributed by atoms with Crippen LogP contribution in [0.5, 0.6) is 0 Å². The lowest BCUT2D eigenvalue weighted by atomic mass is 9.96. The molecule has 100 valence electrons. The van der Waals surface area contributed by atoms with Gasteiger partial charge < -0.3 is 9.88 Å². The summed E-state index contributed by atoms with van der Waals surface area (Å²) in [5.41, 5.74) is 2.49. The maximum atomic E-state index is 4.73. The summed E-state index contributed by atoms with van der Waals surface area (Å²) in [4.78, 5) is 13.7. The highest BCUT2D eigenvalue weighted by Crippen LogP contribution is 2.27. The van der Waals surface area contributed by atoms with Crippen molar-refractivity contribution in [2.24, 2.45) is 7.05 Å². The molecule has 1 aliphatic rings. The number of imidazole rings is 1. The van der Waals surface area contributed by atoms with Crippen LogP contribution >= 0.6 is 0 Å². The zero-order valence-electron chi connectivity index (χ0n) is 11.5. The third kappa shape index (κ3) is 2.20. The van der Waals surface area contributed by atoms with Gasteiger partial charge >= 0.3 is 0 Å². The Balaban J connectivity index is 2.11. The molecule has 0 amide bonds. The maximum absolute atomic E-state index is 4.73. The monoisotopic (exact) mass is 257 g/mol. The Labute approximate surface area is 113 Å². The molecule has 0 aromatic carbocycles. The van der Waals surface area contributed by atoms with E-state index in [0.717, 1.165) is 36.9 Å². The molecule has 0 spiro atoms. The van der Waals surface area contributed by atoms with Crippen molar-refractivity contribution >= 4 is 5.82 Å². The van der Waals surface area contributed by atoms with Crippen molar-refractivity contribution in [3.63, 3.8) is 0 Å². The summed E-state index contributed by atoms with van der Waals surface area (Å²) >= 11 is 0. The van der Waals surface area contributed by atoms with Crippen molar-refractivity contribution in [3.05, 3.63) is 23.7 Å². The van der Waals surface area contributed by atoms with Crippen LogP contribution in [0.3, 0.4) is 0 Å². The summed E-state index contributed by atoms with van der Waals surface area (Å²) in [5, 5.41) is 3.37. The van der Waals surface area contributed by atoms with E-state index in [-0.39, 0.29) is 0 Å². The van der Waals surface area contributed by atoms with Gasteiger partial charge in [0.1, 0.15) is 5.82 Å². The predicted octanol–water partition coefficient (Wildman–Crippen LogP) is 2.19. The highest BCUT2D eigenvalue weighted by atomic mass is 15.1. The van der Waals surface area contributed by atoms with Gasteiger partial charge in [0.15, 0.2) is 11.6 Å². The fraction of sp³-hybridized carbons (Fsp3) is 0.500. The van der Waals surface area contributed by atoms with Crippen molar-refractivity contribution in [1.82, 2.24) is 19.5 Å². The Morgan fingerprint density at radius 2 is 2.11 bits per heavy atom. The standard InChI is InChI=1S/C14H19N5/c1-3-15-12-10-6-4-5-7-11(10)17-13(18-12)14-16-8-9-19(14)2/h8-9H,3-7H2,1-2H3,(H,15,17,18). The molecule has 5 nitrogen and oxygen atoms in total. The molecule has 0 atom stereocenters. The number of aromatic nitrogens is 4. The summed E-state index contributed by atoms with van der Waals surface area (Å²) in [6, 6.07) is 0. The van der Waals surface area contributed by atoms with Gasteiger partial charge in [0, 0.05) is 37.2 Å². The van der Waals surface area contributed by atoms with E-state index in [9.17, 15) is 0 Å². The van der Waals surface area contributed by atoms with Crippen molar-refractivity contribution in [2.75, 3.05) is 11.9 Å². The lowest BCUT2D eigenvalue weighted by Crippen LogP contribution is -2.14. The normalized spacial score (nSPS) is 14.2. The van der Waals surface area contributed by atoms with Gasteiger partial charge in [0.05, 0.1) is 0 Å². The first kappa shape index (κ1) is 12.1. The first-order chi connectivity index (χ1) is 9.29. The highest BCUT2D eigenvalue weighted by molar-refractivity contribution is 5.55. The number of anilines is 1. The molecule has 5 heteroatoms. The second-order valence-electron chi connectivity index (χ2n) is 4.92. The zero-order valence-corrected chi connectivity index (χ0v) is 11.5. The van der Waals surface area contributed by atoms with Gasteiger partial charge in [0.25, 0.3) is 0 Å². The first-order valence-corrected chi connectivity index (χ1v) is 6.91. The number of hydrogen-bond donors (Lipinski definition) is 1. The molecule has 2 aromatic rings. The van der Waals surface area contributed by atoms with Crippen molar-refractivity contribution in [2.45, 2.75) is 32.6 Å².